The van der Waals surface area contributed by atoms with Crippen molar-refractivity contribution in [2.24, 2.45) is 0 Å². The van der Waals surface area contributed by atoms with Gasteiger partial charge in [0.1, 0.15) is 9.84 Å². The van der Waals surface area contributed by atoms with Crippen molar-refractivity contribution in [3.63, 3.8) is 0 Å². The van der Waals surface area contributed by atoms with Crippen molar-refractivity contribution >= 4 is 19.7 Å². The van der Waals surface area contributed by atoms with Crippen molar-refractivity contribution in [2.45, 2.75) is 39.2 Å². The van der Waals surface area contributed by atoms with E-state index in [0.29, 0.717) is 12.5 Å². The fourth-order valence-electron chi connectivity index (χ4n) is 1.67. The average Bonchev–Trinajstić information content (AvgIpc) is 2.24. The lowest BCUT2D eigenvalue weighted by atomic mass is 10.1. The molecule has 0 radical (unpaired) electrons. The van der Waals surface area contributed by atoms with Crippen LogP contribution in [0.25, 0.3) is 0 Å². The number of rotatable bonds is 10. The van der Waals surface area contributed by atoms with Crippen LogP contribution < -0.4 is 5.32 Å². The molecule has 18 heavy (non-hydrogen) atoms. The number of hydrogen-bond acceptors (Lipinski definition) is 5. The van der Waals surface area contributed by atoms with E-state index in [1.54, 1.807) is 0 Å². The fourth-order valence-corrected chi connectivity index (χ4v) is 4.71. The molecule has 0 aromatic rings. The summed E-state index contributed by atoms with van der Waals surface area (Å²) >= 11 is 0. The summed E-state index contributed by atoms with van der Waals surface area (Å²) < 4.78 is 45.1. The predicted molar refractivity (Wildman–Crippen MR) is 75.4 cm³/mol. The Balaban J connectivity index is 4.04. The van der Waals surface area contributed by atoms with Gasteiger partial charge in [-0.05, 0) is 25.8 Å². The maximum absolute atomic E-state index is 11.6. The second kappa shape index (κ2) is 8.12. The van der Waals surface area contributed by atoms with E-state index in [1.165, 1.54) is 0 Å². The summed E-state index contributed by atoms with van der Waals surface area (Å²) in [4.78, 5) is 0. The first-order chi connectivity index (χ1) is 8.20. The lowest BCUT2D eigenvalue weighted by molar-refractivity contribution is 0.475. The summed E-state index contributed by atoms with van der Waals surface area (Å²) in [6, 6.07) is 0.347. The van der Waals surface area contributed by atoms with Crippen molar-refractivity contribution < 1.29 is 16.8 Å². The van der Waals surface area contributed by atoms with E-state index in [1.807, 2.05) is 6.92 Å². The highest BCUT2D eigenvalue weighted by molar-refractivity contribution is 7.94. The maximum Gasteiger partial charge on any atom is 0.151 e. The van der Waals surface area contributed by atoms with Gasteiger partial charge in [0.15, 0.2) is 9.84 Å². The predicted octanol–water partition coefficient (Wildman–Crippen LogP) is 0.614. The third kappa shape index (κ3) is 9.85. The van der Waals surface area contributed by atoms with Gasteiger partial charge in [-0.1, -0.05) is 13.8 Å². The van der Waals surface area contributed by atoms with E-state index in [0.717, 1.165) is 25.6 Å². The summed E-state index contributed by atoms with van der Waals surface area (Å²) in [5.74, 6) is -0.464. The van der Waals surface area contributed by atoms with Crippen LogP contribution in [0.3, 0.4) is 0 Å². The first-order valence-corrected chi connectivity index (χ1v) is 10.2. The summed E-state index contributed by atoms with van der Waals surface area (Å²) in [6.07, 6.45) is 3.41. The lowest BCUT2D eigenvalue weighted by Crippen LogP contribution is -2.29. The Hall–Kier alpha value is -0.140. The first kappa shape index (κ1) is 17.9. The molecule has 0 aliphatic rings. The fraction of sp³-hybridized carbons (Fsp3) is 1.00. The second-order valence-corrected chi connectivity index (χ2v) is 9.15. The summed E-state index contributed by atoms with van der Waals surface area (Å²) in [5, 5.41) is 3.28. The van der Waals surface area contributed by atoms with Crippen LogP contribution in [-0.2, 0) is 19.7 Å². The van der Waals surface area contributed by atoms with Gasteiger partial charge in [0, 0.05) is 12.3 Å². The molecule has 110 valence electrons. The molecule has 0 heterocycles. The monoisotopic (exact) mass is 299 g/mol. The maximum atomic E-state index is 11.6. The topological polar surface area (TPSA) is 80.3 Å². The van der Waals surface area contributed by atoms with Crippen molar-refractivity contribution in [1.29, 1.82) is 0 Å². The Morgan fingerprint density at radius 2 is 1.61 bits per heavy atom. The number of nitrogens with one attached hydrogen (secondary N) is 1. The molecule has 1 N–H and O–H groups in total. The smallest absolute Gasteiger partial charge is 0.151 e. The molecular formula is C11H25NO4S2. The Morgan fingerprint density at radius 1 is 1.00 bits per heavy atom. The van der Waals surface area contributed by atoms with Gasteiger partial charge in [-0.2, -0.15) is 0 Å². The van der Waals surface area contributed by atoms with Gasteiger partial charge in [0.05, 0.1) is 17.3 Å². The van der Waals surface area contributed by atoms with E-state index in [4.69, 9.17) is 0 Å². The van der Waals surface area contributed by atoms with Gasteiger partial charge in [-0.15, -0.1) is 0 Å². The standard InChI is InChI=1S/C11H25NO4S2/c1-4-11(12-5-2)7-6-8-18(15,16)10-9-17(3,13)14/h11-12H,4-10H2,1-3H3. The Bertz CT molecular complexity index is 414. The average molecular weight is 299 g/mol. The van der Waals surface area contributed by atoms with Crippen LogP contribution in [0.2, 0.25) is 0 Å². The Labute approximate surface area is 111 Å². The zero-order chi connectivity index (χ0) is 14.2. The minimum atomic E-state index is -3.24. The minimum absolute atomic E-state index is 0.0738. The summed E-state index contributed by atoms with van der Waals surface area (Å²) in [6.45, 7) is 4.95. The van der Waals surface area contributed by atoms with E-state index in [9.17, 15) is 16.8 Å². The quantitative estimate of drug-likeness (QED) is 0.639. The lowest BCUT2D eigenvalue weighted by Gasteiger charge is -2.15. The molecule has 0 spiro atoms. The Morgan fingerprint density at radius 3 is 2.06 bits per heavy atom. The third-order valence-electron chi connectivity index (χ3n) is 2.76. The van der Waals surface area contributed by atoms with Gasteiger partial charge < -0.3 is 5.32 Å². The number of sulfone groups is 2. The van der Waals surface area contributed by atoms with Crippen LogP contribution in [-0.4, -0.2) is 52.9 Å². The van der Waals surface area contributed by atoms with Crippen molar-refractivity contribution in [3.8, 4) is 0 Å². The molecule has 0 amide bonds. The zero-order valence-electron chi connectivity index (χ0n) is 11.5. The molecule has 1 unspecified atom stereocenters. The van der Waals surface area contributed by atoms with E-state index < -0.39 is 19.7 Å². The van der Waals surface area contributed by atoms with E-state index in [2.05, 4.69) is 12.2 Å². The van der Waals surface area contributed by atoms with Crippen LogP contribution in [0, 0.1) is 0 Å². The first-order valence-electron chi connectivity index (χ1n) is 6.31. The van der Waals surface area contributed by atoms with Crippen molar-refractivity contribution in [2.75, 3.05) is 30.1 Å². The van der Waals surface area contributed by atoms with Gasteiger partial charge in [0.25, 0.3) is 0 Å². The molecule has 0 aromatic carbocycles. The molecule has 0 saturated heterocycles. The molecule has 0 bridgehead atoms. The highest BCUT2D eigenvalue weighted by Crippen LogP contribution is 2.05. The molecule has 1 atom stereocenters. The third-order valence-corrected chi connectivity index (χ3v) is 5.70. The van der Waals surface area contributed by atoms with E-state index in [-0.39, 0.29) is 17.3 Å². The van der Waals surface area contributed by atoms with Crippen LogP contribution >= 0.6 is 0 Å². The molecule has 0 aliphatic heterocycles. The minimum Gasteiger partial charge on any atom is -0.314 e. The van der Waals surface area contributed by atoms with Gasteiger partial charge in [0.2, 0.25) is 0 Å². The largest absolute Gasteiger partial charge is 0.314 e. The van der Waals surface area contributed by atoms with Gasteiger partial charge in [-0.3, -0.25) is 0 Å². The van der Waals surface area contributed by atoms with Crippen LogP contribution in [0.4, 0.5) is 0 Å². The summed E-state index contributed by atoms with van der Waals surface area (Å²) in [7, 11) is -6.44. The number of hydrogen-bond donors (Lipinski definition) is 1. The van der Waals surface area contributed by atoms with Crippen LogP contribution in [0.15, 0.2) is 0 Å². The zero-order valence-corrected chi connectivity index (χ0v) is 13.1. The molecule has 0 fully saturated rings. The molecule has 0 aromatic heterocycles. The van der Waals surface area contributed by atoms with Crippen molar-refractivity contribution in [3.05, 3.63) is 0 Å². The molecule has 0 rings (SSSR count). The van der Waals surface area contributed by atoms with Crippen LogP contribution in [0.5, 0.6) is 0 Å². The van der Waals surface area contributed by atoms with Crippen LogP contribution in [0.1, 0.15) is 33.1 Å². The highest BCUT2D eigenvalue weighted by atomic mass is 32.2. The molecule has 7 heteroatoms. The molecule has 5 nitrogen and oxygen atoms in total. The van der Waals surface area contributed by atoms with Gasteiger partial charge >= 0.3 is 0 Å². The second-order valence-electron chi connectivity index (χ2n) is 4.59. The molecule has 0 saturated carbocycles. The summed E-state index contributed by atoms with van der Waals surface area (Å²) in [5.41, 5.74) is 0. The van der Waals surface area contributed by atoms with Gasteiger partial charge in [-0.25, -0.2) is 16.8 Å². The SMILES string of the molecule is CCNC(CC)CCCS(=O)(=O)CCS(C)(=O)=O. The van der Waals surface area contributed by atoms with E-state index >= 15 is 0 Å². The normalized spacial score (nSPS) is 14.6. The molecular weight excluding hydrogens is 274 g/mol. The molecule has 0 aliphatic carbocycles. The highest BCUT2D eigenvalue weighted by Gasteiger charge is 2.15. The Kier molecular flexibility index (Phi) is 8.05. The van der Waals surface area contributed by atoms with Crippen molar-refractivity contribution in [1.82, 2.24) is 5.32 Å².